The smallest absolute Gasteiger partial charge is 0.0462 e. The maximum atomic E-state index is 9.96. The summed E-state index contributed by atoms with van der Waals surface area (Å²) in [5.74, 6) is 7.99. The summed E-state index contributed by atoms with van der Waals surface area (Å²) in [5, 5.41) is 9.96. The van der Waals surface area contributed by atoms with Crippen molar-refractivity contribution in [2.45, 2.75) is 119 Å². The van der Waals surface area contributed by atoms with Gasteiger partial charge in [-0.1, -0.05) is 60.8 Å². The molecular formula is C30H54O. The lowest BCUT2D eigenvalue weighted by molar-refractivity contribution is -0.0977. The summed E-state index contributed by atoms with van der Waals surface area (Å²) >= 11 is 0. The predicted octanol–water partition coefficient (Wildman–Crippen LogP) is 8.35. The number of hydrogen-bond donors (Lipinski definition) is 1. The number of rotatable bonds is 8. The lowest BCUT2D eigenvalue weighted by atomic mass is 9.46. The second-order valence-corrected chi connectivity index (χ2v) is 13.6. The summed E-state index contributed by atoms with van der Waals surface area (Å²) in [4.78, 5) is 0. The zero-order valence-electron chi connectivity index (χ0n) is 21.8. The van der Waals surface area contributed by atoms with Gasteiger partial charge in [-0.05, 0) is 122 Å². The van der Waals surface area contributed by atoms with E-state index in [0.29, 0.717) is 23.4 Å². The monoisotopic (exact) mass is 430 g/mol. The molecule has 0 radical (unpaired) electrons. The summed E-state index contributed by atoms with van der Waals surface area (Å²) in [6, 6.07) is 0. The molecule has 0 aromatic rings. The molecule has 1 N–H and O–H groups in total. The van der Waals surface area contributed by atoms with Crippen molar-refractivity contribution in [1.82, 2.24) is 0 Å². The number of hydrogen-bond acceptors (Lipinski definition) is 1. The number of aliphatic hydroxyl groups excluding tert-OH is 1. The Labute approximate surface area is 194 Å². The maximum absolute atomic E-state index is 9.96. The fourth-order valence-electron chi connectivity index (χ4n) is 10.4. The van der Waals surface area contributed by atoms with E-state index in [2.05, 4.69) is 41.5 Å². The first-order valence-corrected chi connectivity index (χ1v) is 14.4. The third-order valence-electron chi connectivity index (χ3n) is 12.2. The van der Waals surface area contributed by atoms with Crippen LogP contribution in [0.15, 0.2) is 0 Å². The van der Waals surface area contributed by atoms with Crippen LogP contribution >= 0.6 is 0 Å². The van der Waals surface area contributed by atoms with Crippen molar-refractivity contribution >= 4 is 0 Å². The van der Waals surface area contributed by atoms with Crippen LogP contribution in [0.25, 0.3) is 0 Å². The summed E-state index contributed by atoms with van der Waals surface area (Å²) < 4.78 is 0. The highest BCUT2D eigenvalue weighted by molar-refractivity contribution is 5.10. The van der Waals surface area contributed by atoms with Crippen molar-refractivity contribution in [2.75, 3.05) is 6.61 Å². The standard InChI is InChI=1S/C30H54O/c1-7-8-22(20(2)3)10-9-21(4)25-13-14-27-24-11-12-26-23(19-31)15-17-30(26,6)28(24)16-18-29(25,27)5/h20-28,31H,7-19H2,1-6H3. The molecule has 0 aromatic carbocycles. The van der Waals surface area contributed by atoms with Gasteiger partial charge in [0, 0.05) is 6.61 Å². The second-order valence-electron chi connectivity index (χ2n) is 13.6. The van der Waals surface area contributed by atoms with Gasteiger partial charge in [-0.3, -0.25) is 0 Å². The summed E-state index contributed by atoms with van der Waals surface area (Å²) in [6.45, 7) is 15.7. The molecule has 0 aromatic heterocycles. The van der Waals surface area contributed by atoms with E-state index in [1.54, 1.807) is 0 Å². The van der Waals surface area contributed by atoms with Crippen LogP contribution < -0.4 is 0 Å². The average molecular weight is 431 g/mol. The second kappa shape index (κ2) is 9.31. The van der Waals surface area contributed by atoms with E-state index in [-0.39, 0.29) is 0 Å². The van der Waals surface area contributed by atoms with Gasteiger partial charge in [0.25, 0.3) is 0 Å². The normalized spacial score (nSPS) is 46.5. The van der Waals surface area contributed by atoms with Crippen LogP contribution in [0.1, 0.15) is 119 Å². The third kappa shape index (κ3) is 4.06. The molecule has 4 aliphatic carbocycles. The van der Waals surface area contributed by atoms with E-state index in [1.807, 2.05) is 0 Å². The number of aliphatic hydroxyl groups is 1. The molecule has 4 rings (SSSR count). The molecule has 4 saturated carbocycles. The first kappa shape index (κ1) is 24.1. The van der Waals surface area contributed by atoms with Gasteiger partial charge in [0.2, 0.25) is 0 Å². The Kier molecular flexibility index (Phi) is 7.23. The topological polar surface area (TPSA) is 20.2 Å². The van der Waals surface area contributed by atoms with Crippen molar-refractivity contribution in [3.05, 3.63) is 0 Å². The zero-order chi connectivity index (χ0) is 22.4. The Morgan fingerprint density at radius 1 is 0.774 bits per heavy atom. The van der Waals surface area contributed by atoms with Crippen LogP contribution in [0, 0.1) is 64.1 Å². The van der Waals surface area contributed by atoms with Gasteiger partial charge in [0.05, 0.1) is 0 Å². The van der Waals surface area contributed by atoms with Crippen LogP contribution in [0.3, 0.4) is 0 Å². The number of fused-ring (bicyclic) bond motifs is 5. The molecule has 0 aliphatic heterocycles. The molecule has 0 saturated heterocycles. The highest BCUT2D eigenvalue weighted by Crippen LogP contribution is 2.69. The van der Waals surface area contributed by atoms with Gasteiger partial charge in [-0.15, -0.1) is 0 Å². The van der Waals surface area contributed by atoms with E-state index < -0.39 is 0 Å². The summed E-state index contributed by atoms with van der Waals surface area (Å²) in [5.41, 5.74) is 1.14. The maximum Gasteiger partial charge on any atom is 0.0462 e. The Morgan fingerprint density at radius 3 is 2.13 bits per heavy atom. The van der Waals surface area contributed by atoms with Crippen molar-refractivity contribution in [2.24, 2.45) is 64.1 Å². The molecule has 0 heterocycles. The van der Waals surface area contributed by atoms with Crippen LogP contribution in [-0.4, -0.2) is 11.7 Å². The van der Waals surface area contributed by atoms with Crippen molar-refractivity contribution < 1.29 is 5.11 Å². The molecule has 1 heteroatoms. The van der Waals surface area contributed by atoms with Crippen molar-refractivity contribution in [3.8, 4) is 0 Å². The molecule has 0 amide bonds. The molecule has 10 unspecified atom stereocenters. The van der Waals surface area contributed by atoms with Crippen LogP contribution in [0.2, 0.25) is 0 Å². The Hall–Kier alpha value is -0.0400. The Balaban J connectivity index is 1.43. The Bertz CT molecular complexity index is 597. The van der Waals surface area contributed by atoms with Crippen LogP contribution in [0.4, 0.5) is 0 Å². The van der Waals surface area contributed by atoms with Gasteiger partial charge in [-0.2, -0.15) is 0 Å². The van der Waals surface area contributed by atoms with Gasteiger partial charge < -0.3 is 5.11 Å². The highest BCUT2D eigenvalue weighted by Gasteiger charge is 2.61. The van der Waals surface area contributed by atoms with Crippen molar-refractivity contribution in [1.29, 1.82) is 0 Å². The third-order valence-corrected chi connectivity index (χ3v) is 12.2. The van der Waals surface area contributed by atoms with Gasteiger partial charge in [0.1, 0.15) is 0 Å². The van der Waals surface area contributed by atoms with E-state index >= 15 is 0 Å². The van der Waals surface area contributed by atoms with E-state index in [4.69, 9.17) is 0 Å². The molecule has 0 bridgehead atoms. The first-order chi connectivity index (χ1) is 14.8. The molecule has 180 valence electrons. The fraction of sp³-hybridized carbons (Fsp3) is 1.00. The fourth-order valence-corrected chi connectivity index (χ4v) is 10.4. The zero-order valence-corrected chi connectivity index (χ0v) is 21.8. The van der Waals surface area contributed by atoms with Crippen LogP contribution in [-0.2, 0) is 0 Å². The largest absolute Gasteiger partial charge is 0.396 e. The van der Waals surface area contributed by atoms with Gasteiger partial charge in [0.15, 0.2) is 0 Å². The highest BCUT2D eigenvalue weighted by atomic mass is 16.3. The van der Waals surface area contributed by atoms with Gasteiger partial charge >= 0.3 is 0 Å². The molecule has 4 aliphatic rings. The van der Waals surface area contributed by atoms with E-state index in [1.165, 1.54) is 77.0 Å². The van der Waals surface area contributed by atoms with Gasteiger partial charge in [-0.25, -0.2) is 0 Å². The lowest BCUT2D eigenvalue weighted by Crippen LogP contribution is -2.51. The molecule has 31 heavy (non-hydrogen) atoms. The lowest BCUT2D eigenvalue weighted by Gasteiger charge is -2.58. The average Bonchev–Trinajstić information content (AvgIpc) is 3.27. The summed E-state index contributed by atoms with van der Waals surface area (Å²) in [6.07, 6.45) is 17.2. The first-order valence-electron chi connectivity index (χ1n) is 14.4. The van der Waals surface area contributed by atoms with E-state index in [0.717, 1.165) is 47.3 Å². The van der Waals surface area contributed by atoms with Crippen molar-refractivity contribution in [3.63, 3.8) is 0 Å². The minimum atomic E-state index is 0.438. The van der Waals surface area contributed by atoms with E-state index in [9.17, 15) is 5.11 Å². The minimum Gasteiger partial charge on any atom is -0.396 e. The quantitative estimate of drug-likeness (QED) is 0.410. The SMILES string of the molecule is CCCC(CCC(C)C1CCC2C3CCC4C(CO)CCC4(C)C3CCC12C)C(C)C. The molecule has 0 spiro atoms. The Morgan fingerprint density at radius 2 is 1.45 bits per heavy atom. The molecular weight excluding hydrogens is 376 g/mol. The predicted molar refractivity (Wildman–Crippen MR) is 133 cm³/mol. The summed E-state index contributed by atoms with van der Waals surface area (Å²) in [7, 11) is 0. The van der Waals surface area contributed by atoms with Crippen LogP contribution in [0.5, 0.6) is 0 Å². The minimum absolute atomic E-state index is 0.438. The molecule has 4 fully saturated rings. The molecule has 1 nitrogen and oxygen atoms in total. The molecule has 10 atom stereocenters.